The van der Waals surface area contributed by atoms with E-state index in [0.717, 1.165) is 30.3 Å². The number of hydrogen-bond acceptors (Lipinski definition) is 6. The van der Waals surface area contributed by atoms with Crippen molar-refractivity contribution in [3.8, 4) is 5.69 Å². The van der Waals surface area contributed by atoms with Crippen LogP contribution < -0.4 is 21.5 Å². The number of alkyl halides is 3. The van der Waals surface area contributed by atoms with Gasteiger partial charge in [-0.1, -0.05) is 6.07 Å². The van der Waals surface area contributed by atoms with Crippen LogP contribution in [0.15, 0.2) is 47.3 Å². The first-order chi connectivity index (χ1) is 19.4. The molecule has 0 unspecified atom stereocenters. The summed E-state index contributed by atoms with van der Waals surface area (Å²) in [5.41, 5.74) is 3.53. The average Bonchev–Trinajstić information content (AvgIpc) is 3.52. The number of aryl methyl sites for hydroxylation is 1. The van der Waals surface area contributed by atoms with Crippen LogP contribution in [-0.4, -0.2) is 50.5 Å². The topological polar surface area (TPSA) is 111 Å². The van der Waals surface area contributed by atoms with Crippen molar-refractivity contribution in [1.82, 2.24) is 19.3 Å². The van der Waals surface area contributed by atoms with Gasteiger partial charge in [0.05, 0.1) is 16.9 Å². The Morgan fingerprint density at radius 1 is 1.07 bits per heavy atom. The molecule has 2 aromatic carbocycles. The molecule has 0 bridgehead atoms. The summed E-state index contributed by atoms with van der Waals surface area (Å²) in [5.74, 6) is -3.01. The van der Waals surface area contributed by atoms with Crippen LogP contribution in [-0.2, 0) is 12.5 Å². The number of rotatable bonds is 5. The number of fused-ring (bicyclic) bond motifs is 1. The van der Waals surface area contributed by atoms with Crippen LogP contribution in [0.5, 0.6) is 0 Å². The van der Waals surface area contributed by atoms with E-state index in [2.05, 4.69) is 15.4 Å². The lowest BCUT2D eigenvalue weighted by Crippen LogP contribution is -2.31. The molecular weight excluding hydrogens is 549 g/mol. The number of nitrogens with two attached hydrogens (primary N) is 1. The zero-order valence-corrected chi connectivity index (χ0v) is 21.7. The molecule has 214 valence electrons. The SMILES string of the molecule is Cn1c(C2(C(F)(F)F)CC2)nc2c(N3CC[C@@H](N)C3)c(NC(=O)c3ccc(=O)n(-c4c(F)cccc4F)n3)ccc21. The van der Waals surface area contributed by atoms with E-state index in [1.165, 1.54) is 11.6 Å². The number of carbonyl (C=O) groups excluding carboxylic acids is 1. The number of aromatic nitrogens is 4. The van der Waals surface area contributed by atoms with Crippen LogP contribution in [0.2, 0.25) is 0 Å². The van der Waals surface area contributed by atoms with E-state index in [0.29, 0.717) is 35.4 Å². The molecule has 0 spiro atoms. The second-order valence-electron chi connectivity index (χ2n) is 10.4. The molecule has 1 amide bonds. The van der Waals surface area contributed by atoms with Crippen molar-refractivity contribution in [2.24, 2.45) is 12.8 Å². The van der Waals surface area contributed by atoms with E-state index in [9.17, 15) is 31.5 Å². The predicted octanol–water partition coefficient (Wildman–Crippen LogP) is 3.78. The summed E-state index contributed by atoms with van der Waals surface area (Å²) in [7, 11) is 1.53. The molecule has 0 radical (unpaired) electrons. The molecule has 2 aliphatic rings. The van der Waals surface area contributed by atoms with Gasteiger partial charge >= 0.3 is 6.18 Å². The fraction of sp³-hybridized carbons (Fsp3) is 0.333. The van der Waals surface area contributed by atoms with Crippen molar-refractivity contribution in [3.05, 3.63) is 76.0 Å². The number of imidazole rings is 1. The Morgan fingerprint density at radius 3 is 2.39 bits per heavy atom. The summed E-state index contributed by atoms with van der Waals surface area (Å²) >= 11 is 0. The maximum atomic E-state index is 14.4. The number of benzene rings is 2. The lowest BCUT2D eigenvalue weighted by atomic mass is 10.1. The van der Waals surface area contributed by atoms with E-state index in [1.54, 1.807) is 12.1 Å². The highest BCUT2D eigenvalue weighted by Crippen LogP contribution is 2.59. The summed E-state index contributed by atoms with van der Waals surface area (Å²) in [5, 5.41) is 6.57. The molecular formula is C27H24F5N7O2. The summed E-state index contributed by atoms with van der Waals surface area (Å²) in [6.45, 7) is 0.864. The second kappa shape index (κ2) is 9.36. The maximum Gasteiger partial charge on any atom is 0.401 e. The molecule has 9 nitrogen and oxygen atoms in total. The number of para-hydroxylation sites is 1. The third kappa shape index (κ3) is 4.33. The fourth-order valence-electron chi connectivity index (χ4n) is 5.41. The van der Waals surface area contributed by atoms with E-state index in [-0.39, 0.29) is 41.6 Å². The molecule has 3 heterocycles. The van der Waals surface area contributed by atoms with Crippen LogP contribution in [0.1, 0.15) is 35.6 Å². The Balaban J connectivity index is 1.43. The molecule has 2 aromatic heterocycles. The minimum atomic E-state index is -4.47. The molecule has 14 heteroatoms. The van der Waals surface area contributed by atoms with Crippen LogP contribution in [0.4, 0.5) is 33.3 Å². The number of amides is 1. The largest absolute Gasteiger partial charge is 0.401 e. The third-order valence-corrected chi connectivity index (χ3v) is 7.72. The number of halogens is 5. The molecule has 6 rings (SSSR count). The number of carbonyl (C=O) groups is 1. The van der Waals surface area contributed by atoms with E-state index in [1.807, 2.05) is 4.90 Å². The first kappa shape index (κ1) is 26.9. The van der Waals surface area contributed by atoms with Gasteiger partial charge in [0, 0.05) is 32.2 Å². The van der Waals surface area contributed by atoms with Crippen molar-refractivity contribution in [3.63, 3.8) is 0 Å². The van der Waals surface area contributed by atoms with Gasteiger partial charge in [-0.15, -0.1) is 0 Å². The minimum Gasteiger partial charge on any atom is -0.366 e. The van der Waals surface area contributed by atoms with Gasteiger partial charge in [0.15, 0.2) is 11.6 Å². The number of hydrogen-bond donors (Lipinski definition) is 2. The number of anilines is 2. The summed E-state index contributed by atoms with van der Waals surface area (Å²) in [6, 6.07) is 8.01. The molecule has 1 aliphatic heterocycles. The van der Waals surface area contributed by atoms with Gasteiger partial charge in [-0.2, -0.15) is 23.0 Å². The standard InChI is InChI=1S/C27H24F5N7O2/c1-37-19-7-5-17(34-24(41)18-6-8-20(40)39(36-18)22-15(28)3-2-4-16(22)29)23(38-12-9-14(33)13-38)21(19)35-25(37)26(10-11-26)27(30,31)32/h2-8,14H,9-13,33H2,1H3,(H,34,41)/t14-/m1/s1. The summed E-state index contributed by atoms with van der Waals surface area (Å²) in [4.78, 5) is 32.0. The van der Waals surface area contributed by atoms with Crippen LogP contribution in [0.3, 0.4) is 0 Å². The highest BCUT2D eigenvalue weighted by molar-refractivity contribution is 6.08. The van der Waals surface area contributed by atoms with Gasteiger partial charge in [-0.25, -0.2) is 13.8 Å². The Hall–Kier alpha value is -4.33. The molecule has 2 fully saturated rings. The van der Waals surface area contributed by atoms with Crippen molar-refractivity contribution in [1.29, 1.82) is 0 Å². The van der Waals surface area contributed by atoms with Gasteiger partial charge in [0.1, 0.15) is 28.1 Å². The Labute approximate surface area is 229 Å². The predicted molar refractivity (Wildman–Crippen MR) is 140 cm³/mol. The lowest BCUT2D eigenvalue weighted by molar-refractivity contribution is -0.162. The third-order valence-electron chi connectivity index (χ3n) is 7.72. The van der Waals surface area contributed by atoms with Gasteiger partial charge in [-0.3, -0.25) is 9.59 Å². The monoisotopic (exact) mass is 573 g/mol. The molecule has 41 heavy (non-hydrogen) atoms. The van der Waals surface area contributed by atoms with Gasteiger partial charge in [0.25, 0.3) is 11.5 Å². The maximum absolute atomic E-state index is 14.4. The van der Waals surface area contributed by atoms with E-state index < -0.39 is 40.4 Å². The highest BCUT2D eigenvalue weighted by atomic mass is 19.4. The van der Waals surface area contributed by atoms with Crippen LogP contribution >= 0.6 is 0 Å². The van der Waals surface area contributed by atoms with E-state index in [4.69, 9.17) is 5.73 Å². The first-order valence-electron chi connectivity index (χ1n) is 12.8. The van der Waals surface area contributed by atoms with E-state index >= 15 is 0 Å². The normalized spacial score (nSPS) is 18.2. The van der Waals surface area contributed by atoms with Crippen molar-refractivity contribution in [2.75, 3.05) is 23.3 Å². The Kier molecular flexibility index (Phi) is 6.14. The second-order valence-corrected chi connectivity index (χ2v) is 10.4. The van der Waals surface area contributed by atoms with Crippen molar-refractivity contribution < 1.29 is 26.7 Å². The lowest BCUT2D eigenvalue weighted by Gasteiger charge is -2.22. The quantitative estimate of drug-likeness (QED) is 0.352. The van der Waals surface area contributed by atoms with Gasteiger partial charge in [0.2, 0.25) is 0 Å². The molecule has 1 aliphatic carbocycles. The molecule has 1 atom stereocenters. The number of nitrogens with one attached hydrogen (secondary N) is 1. The molecule has 3 N–H and O–H groups in total. The summed E-state index contributed by atoms with van der Waals surface area (Å²) < 4.78 is 72.6. The Morgan fingerprint density at radius 2 is 1.78 bits per heavy atom. The molecule has 1 saturated carbocycles. The number of nitrogens with zero attached hydrogens (tertiary/aromatic N) is 5. The van der Waals surface area contributed by atoms with Gasteiger partial charge in [-0.05, 0) is 49.6 Å². The van der Waals surface area contributed by atoms with Crippen molar-refractivity contribution in [2.45, 2.75) is 36.9 Å². The van der Waals surface area contributed by atoms with Crippen LogP contribution in [0.25, 0.3) is 16.7 Å². The zero-order chi connectivity index (χ0) is 29.3. The zero-order valence-electron chi connectivity index (χ0n) is 21.7. The van der Waals surface area contributed by atoms with Crippen LogP contribution in [0, 0.1) is 11.6 Å². The average molecular weight is 574 g/mol. The Bertz CT molecular complexity index is 1740. The molecule has 1 saturated heterocycles. The fourth-order valence-corrected chi connectivity index (χ4v) is 5.41. The first-order valence-corrected chi connectivity index (χ1v) is 12.8. The smallest absolute Gasteiger partial charge is 0.366 e. The van der Waals surface area contributed by atoms with Gasteiger partial charge < -0.3 is 20.5 Å². The molecule has 4 aromatic rings. The summed E-state index contributed by atoms with van der Waals surface area (Å²) in [6.07, 6.45) is -3.98. The van der Waals surface area contributed by atoms with Crippen molar-refractivity contribution >= 4 is 28.3 Å². The highest BCUT2D eigenvalue weighted by Gasteiger charge is 2.66. The minimum absolute atomic E-state index is 0.0643.